The number of carbonyl (C=O) groups is 1. The molecule has 0 aliphatic heterocycles. The standard InChI is InChI=1S/C16H21N5O/c1-12(2)20-16-18-10-14(11-19-16)15(22)21(3)9-6-13-4-7-17-8-5-13/h4-5,7-8,10-12H,6,9H2,1-3H3,(H,18,19,20). The molecule has 6 heteroatoms. The number of pyridine rings is 1. The topological polar surface area (TPSA) is 71.0 Å². The first-order valence-corrected chi connectivity index (χ1v) is 7.29. The first kappa shape index (κ1) is 15.9. The third-order valence-electron chi connectivity index (χ3n) is 3.15. The number of anilines is 1. The Hall–Kier alpha value is -2.50. The minimum atomic E-state index is -0.0786. The molecule has 0 aliphatic carbocycles. The van der Waals surface area contributed by atoms with Gasteiger partial charge in [-0.25, -0.2) is 9.97 Å². The van der Waals surface area contributed by atoms with Crippen LogP contribution in [-0.4, -0.2) is 45.4 Å². The van der Waals surface area contributed by atoms with Crippen LogP contribution in [0.4, 0.5) is 5.95 Å². The number of likely N-dealkylation sites (N-methyl/N-ethyl adjacent to an activating group) is 1. The van der Waals surface area contributed by atoms with E-state index in [1.54, 1.807) is 36.7 Å². The molecule has 0 saturated carbocycles. The molecule has 1 amide bonds. The van der Waals surface area contributed by atoms with Crippen LogP contribution in [0.15, 0.2) is 36.9 Å². The fourth-order valence-electron chi connectivity index (χ4n) is 1.94. The highest BCUT2D eigenvalue weighted by atomic mass is 16.2. The second-order valence-electron chi connectivity index (χ2n) is 5.43. The minimum absolute atomic E-state index is 0.0786. The number of carbonyl (C=O) groups excluding carboxylic acids is 1. The Balaban J connectivity index is 1.92. The molecule has 0 unspecified atom stereocenters. The highest BCUT2D eigenvalue weighted by molar-refractivity contribution is 5.93. The zero-order chi connectivity index (χ0) is 15.9. The van der Waals surface area contributed by atoms with E-state index >= 15 is 0 Å². The number of nitrogens with zero attached hydrogens (tertiary/aromatic N) is 4. The normalized spacial score (nSPS) is 10.5. The average Bonchev–Trinajstić information content (AvgIpc) is 2.53. The zero-order valence-electron chi connectivity index (χ0n) is 13.2. The molecule has 0 bridgehead atoms. The Labute approximate surface area is 130 Å². The number of aromatic nitrogens is 3. The van der Waals surface area contributed by atoms with Gasteiger partial charge in [-0.3, -0.25) is 9.78 Å². The molecule has 0 aromatic carbocycles. The number of rotatable bonds is 6. The van der Waals surface area contributed by atoms with Crippen molar-refractivity contribution in [2.75, 3.05) is 18.9 Å². The van der Waals surface area contributed by atoms with Crippen molar-refractivity contribution < 1.29 is 4.79 Å². The largest absolute Gasteiger partial charge is 0.352 e. The van der Waals surface area contributed by atoms with Gasteiger partial charge < -0.3 is 10.2 Å². The molecule has 2 heterocycles. The molecule has 2 rings (SSSR count). The van der Waals surface area contributed by atoms with Gasteiger partial charge >= 0.3 is 0 Å². The maximum Gasteiger partial charge on any atom is 0.256 e. The molecular weight excluding hydrogens is 278 g/mol. The number of hydrogen-bond acceptors (Lipinski definition) is 5. The molecule has 6 nitrogen and oxygen atoms in total. The van der Waals surface area contributed by atoms with Crippen molar-refractivity contribution >= 4 is 11.9 Å². The first-order chi connectivity index (χ1) is 10.6. The molecule has 2 aromatic rings. The summed E-state index contributed by atoms with van der Waals surface area (Å²) in [6.07, 6.45) is 7.42. The van der Waals surface area contributed by atoms with E-state index in [-0.39, 0.29) is 11.9 Å². The predicted molar refractivity (Wildman–Crippen MR) is 85.7 cm³/mol. The maximum atomic E-state index is 12.3. The van der Waals surface area contributed by atoms with E-state index in [1.165, 1.54) is 0 Å². The van der Waals surface area contributed by atoms with Crippen LogP contribution < -0.4 is 5.32 Å². The summed E-state index contributed by atoms with van der Waals surface area (Å²) in [5.74, 6) is 0.455. The second-order valence-corrected chi connectivity index (χ2v) is 5.43. The molecular formula is C16H21N5O. The first-order valence-electron chi connectivity index (χ1n) is 7.29. The summed E-state index contributed by atoms with van der Waals surface area (Å²) in [6.45, 7) is 4.65. The molecule has 0 saturated heterocycles. The summed E-state index contributed by atoms with van der Waals surface area (Å²) in [6, 6.07) is 4.16. The fourth-order valence-corrected chi connectivity index (χ4v) is 1.94. The van der Waals surface area contributed by atoms with Crippen molar-refractivity contribution in [1.29, 1.82) is 0 Å². The van der Waals surface area contributed by atoms with E-state index in [9.17, 15) is 4.79 Å². The summed E-state index contributed by atoms with van der Waals surface area (Å²) in [5, 5.41) is 3.09. The van der Waals surface area contributed by atoms with Gasteiger partial charge in [0.05, 0.1) is 5.56 Å². The van der Waals surface area contributed by atoms with E-state index in [4.69, 9.17) is 0 Å². The smallest absolute Gasteiger partial charge is 0.256 e. The third-order valence-corrected chi connectivity index (χ3v) is 3.15. The summed E-state index contributed by atoms with van der Waals surface area (Å²) in [4.78, 5) is 26.3. The molecule has 2 aromatic heterocycles. The Kier molecular flexibility index (Phi) is 5.41. The van der Waals surface area contributed by atoms with Crippen LogP contribution in [0.1, 0.15) is 29.8 Å². The highest BCUT2D eigenvalue weighted by Crippen LogP contribution is 2.06. The van der Waals surface area contributed by atoms with Crippen LogP contribution in [0, 0.1) is 0 Å². The molecule has 0 spiro atoms. The van der Waals surface area contributed by atoms with Gasteiger partial charge in [0.2, 0.25) is 5.95 Å². The molecule has 0 radical (unpaired) electrons. The van der Waals surface area contributed by atoms with Crippen LogP contribution in [0.25, 0.3) is 0 Å². The van der Waals surface area contributed by atoms with Crippen LogP contribution in [0.2, 0.25) is 0 Å². The summed E-state index contributed by atoms with van der Waals surface area (Å²) < 4.78 is 0. The van der Waals surface area contributed by atoms with Crippen molar-refractivity contribution in [3.05, 3.63) is 48.0 Å². The molecule has 0 fully saturated rings. The number of nitrogens with one attached hydrogen (secondary N) is 1. The monoisotopic (exact) mass is 299 g/mol. The predicted octanol–water partition coefficient (Wildman–Crippen LogP) is 2.01. The van der Waals surface area contributed by atoms with Gasteiger partial charge in [0.15, 0.2) is 0 Å². The van der Waals surface area contributed by atoms with E-state index in [1.807, 2.05) is 26.0 Å². The van der Waals surface area contributed by atoms with Crippen LogP contribution in [-0.2, 0) is 6.42 Å². The Morgan fingerprint density at radius 2 is 1.86 bits per heavy atom. The van der Waals surface area contributed by atoms with Crippen molar-refractivity contribution in [3.63, 3.8) is 0 Å². The maximum absolute atomic E-state index is 12.3. The lowest BCUT2D eigenvalue weighted by Crippen LogP contribution is -2.29. The highest BCUT2D eigenvalue weighted by Gasteiger charge is 2.12. The molecule has 0 aliphatic rings. The molecule has 0 atom stereocenters. The van der Waals surface area contributed by atoms with Crippen LogP contribution in [0.5, 0.6) is 0 Å². The lowest BCUT2D eigenvalue weighted by Gasteiger charge is -2.17. The lowest BCUT2D eigenvalue weighted by atomic mass is 10.2. The van der Waals surface area contributed by atoms with Crippen molar-refractivity contribution in [2.24, 2.45) is 0 Å². The third kappa shape index (κ3) is 4.51. The van der Waals surface area contributed by atoms with E-state index in [2.05, 4.69) is 20.3 Å². The van der Waals surface area contributed by atoms with Crippen LogP contribution >= 0.6 is 0 Å². The SMILES string of the molecule is CC(C)Nc1ncc(C(=O)N(C)CCc2ccncc2)cn1. The number of amides is 1. The fraction of sp³-hybridized carbons (Fsp3) is 0.375. The van der Waals surface area contributed by atoms with Crippen molar-refractivity contribution in [2.45, 2.75) is 26.3 Å². The van der Waals surface area contributed by atoms with E-state index in [0.717, 1.165) is 12.0 Å². The van der Waals surface area contributed by atoms with Gasteiger partial charge in [0.1, 0.15) is 0 Å². The van der Waals surface area contributed by atoms with Gasteiger partial charge in [-0.1, -0.05) is 0 Å². The molecule has 1 N–H and O–H groups in total. The lowest BCUT2D eigenvalue weighted by molar-refractivity contribution is 0.0796. The van der Waals surface area contributed by atoms with Crippen molar-refractivity contribution in [1.82, 2.24) is 19.9 Å². The van der Waals surface area contributed by atoms with Gasteiger partial charge in [-0.2, -0.15) is 0 Å². The average molecular weight is 299 g/mol. The Morgan fingerprint density at radius 3 is 2.45 bits per heavy atom. The van der Waals surface area contributed by atoms with E-state index in [0.29, 0.717) is 18.1 Å². The van der Waals surface area contributed by atoms with Gasteiger partial charge in [-0.15, -0.1) is 0 Å². The Morgan fingerprint density at radius 1 is 1.23 bits per heavy atom. The molecule has 116 valence electrons. The van der Waals surface area contributed by atoms with Crippen molar-refractivity contribution in [3.8, 4) is 0 Å². The minimum Gasteiger partial charge on any atom is -0.352 e. The van der Waals surface area contributed by atoms with Gasteiger partial charge in [-0.05, 0) is 38.0 Å². The van der Waals surface area contributed by atoms with Crippen LogP contribution in [0.3, 0.4) is 0 Å². The van der Waals surface area contributed by atoms with E-state index < -0.39 is 0 Å². The zero-order valence-corrected chi connectivity index (χ0v) is 13.2. The second kappa shape index (κ2) is 7.49. The molecule has 22 heavy (non-hydrogen) atoms. The summed E-state index contributed by atoms with van der Waals surface area (Å²) in [7, 11) is 1.78. The van der Waals surface area contributed by atoms with Gasteiger partial charge in [0, 0.05) is 44.4 Å². The summed E-state index contributed by atoms with van der Waals surface area (Å²) in [5.41, 5.74) is 1.65. The summed E-state index contributed by atoms with van der Waals surface area (Å²) >= 11 is 0. The quantitative estimate of drug-likeness (QED) is 0.883. The number of hydrogen-bond donors (Lipinski definition) is 1. The van der Waals surface area contributed by atoms with Gasteiger partial charge in [0.25, 0.3) is 5.91 Å². The Bertz CT molecular complexity index is 598.